The summed E-state index contributed by atoms with van der Waals surface area (Å²) in [6.07, 6.45) is 1.51. The molecule has 0 amide bonds. The molecule has 0 spiro atoms. The first-order valence-electron chi connectivity index (χ1n) is 10.5. The highest BCUT2D eigenvalue weighted by molar-refractivity contribution is 6.42. The Bertz CT molecular complexity index is 1650. The zero-order valence-electron chi connectivity index (χ0n) is 17.6. The highest BCUT2D eigenvalue weighted by Gasteiger charge is 2.33. The van der Waals surface area contributed by atoms with Gasteiger partial charge in [-0.15, -0.1) is 0 Å². The van der Waals surface area contributed by atoms with E-state index >= 15 is 0 Å². The molecule has 0 atom stereocenters. The molecule has 0 saturated heterocycles. The van der Waals surface area contributed by atoms with Crippen LogP contribution in [0.2, 0.25) is 0 Å². The number of fused-ring (bicyclic) bond motifs is 3. The third-order valence-corrected chi connectivity index (χ3v) is 5.84. The Kier molecular flexibility index (Phi) is 4.14. The summed E-state index contributed by atoms with van der Waals surface area (Å²) in [5.41, 5.74) is 3.00. The van der Waals surface area contributed by atoms with Gasteiger partial charge in [-0.3, -0.25) is 9.59 Å². The number of aromatic nitrogens is 2. The normalized spacial score (nSPS) is 12.8. The zero-order chi connectivity index (χ0) is 22.5. The minimum absolute atomic E-state index is 0.100. The average molecular weight is 428 g/mol. The molecule has 1 aliphatic carbocycles. The van der Waals surface area contributed by atoms with Crippen molar-refractivity contribution in [2.24, 2.45) is 7.05 Å². The number of ketones is 2. The Hall–Kier alpha value is -4.69. The van der Waals surface area contributed by atoms with Crippen LogP contribution in [0.5, 0.6) is 0 Å². The molecular weight excluding hydrogens is 412 g/mol. The predicted octanol–water partition coefficient (Wildman–Crippen LogP) is 5.18. The number of Topliss-reactive ketones (excluding diaryl/α,β-unsaturated/α-hetero) is 2. The van der Waals surface area contributed by atoms with Crippen molar-refractivity contribution in [2.75, 3.05) is 0 Å². The fourth-order valence-corrected chi connectivity index (χ4v) is 4.11. The fourth-order valence-electron chi connectivity index (χ4n) is 4.11. The molecule has 0 radical (unpaired) electrons. The molecule has 5 heteroatoms. The van der Waals surface area contributed by atoms with Gasteiger partial charge in [0.05, 0.1) is 5.57 Å². The Morgan fingerprint density at radius 3 is 2.12 bits per heavy atom. The maximum absolute atomic E-state index is 13.0. The number of rotatable bonds is 1. The SMILES string of the molecule is Cn1c(C#Cc2ccccc2)nc2oc(C=C3C(=O)c4cc5ccccc5cc4C3=O)cc21. The summed E-state index contributed by atoms with van der Waals surface area (Å²) in [5.74, 6) is 6.54. The number of aryl methyl sites for hydroxylation is 1. The van der Waals surface area contributed by atoms with Crippen molar-refractivity contribution in [1.82, 2.24) is 9.55 Å². The van der Waals surface area contributed by atoms with Gasteiger partial charge in [-0.1, -0.05) is 48.4 Å². The number of hydrogen-bond donors (Lipinski definition) is 0. The lowest BCUT2D eigenvalue weighted by Crippen LogP contribution is -2.00. The number of hydrogen-bond acceptors (Lipinski definition) is 4. The van der Waals surface area contributed by atoms with Crippen LogP contribution >= 0.6 is 0 Å². The van der Waals surface area contributed by atoms with Gasteiger partial charge in [-0.2, -0.15) is 4.98 Å². The summed E-state index contributed by atoms with van der Waals surface area (Å²) in [6, 6.07) is 22.7. The number of furan rings is 1. The van der Waals surface area contributed by atoms with Crippen LogP contribution in [0, 0.1) is 11.8 Å². The van der Waals surface area contributed by atoms with Gasteiger partial charge >= 0.3 is 0 Å². The van der Waals surface area contributed by atoms with Crippen LogP contribution in [-0.2, 0) is 7.05 Å². The number of benzene rings is 3. The summed E-state index contributed by atoms with van der Waals surface area (Å²) in [6.45, 7) is 0. The van der Waals surface area contributed by atoms with Crippen molar-refractivity contribution in [3.05, 3.63) is 107 Å². The molecule has 2 heterocycles. The third kappa shape index (κ3) is 3.08. The minimum atomic E-state index is -0.288. The van der Waals surface area contributed by atoms with Crippen molar-refractivity contribution in [1.29, 1.82) is 0 Å². The van der Waals surface area contributed by atoms with Crippen molar-refractivity contribution < 1.29 is 14.0 Å². The van der Waals surface area contributed by atoms with Gasteiger partial charge in [0, 0.05) is 29.8 Å². The maximum atomic E-state index is 13.0. The van der Waals surface area contributed by atoms with Crippen molar-refractivity contribution in [2.45, 2.75) is 0 Å². The molecule has 156 valence electrons. The monoisotopic (exact) mass is 428 g/mol. The molecule has 0 unspecified atom stereocenters. The first-order valence-corrected chi connectivity index (χ1v) is 10.5. The number of imidazole rings is 1. The Labute approximate surface area is 189 Å². The van der Waals surface area contributed by atoms with E-state index in [0.717, 1.165) is 21.9 Å². The number of nitrogens with zero attached hydrogens (tertiary/aromatic N) is 2. The smallest absolute Gasteiger partial charge is 0.246 e. The van der Waals surface area contributed by atoms with Gasteiger partial charge in [0.25, 0.3) is 0 Å². The first kappa shape index (κ1) is 19.0. The van der Waals surface area contributed by atoms with E-state index in [2.05, 4.69) is 16.8 Å². The van der Waals surface area contributed by atoms with Gasteiger partial charge < -0.3 is 8.98 Å². The summed E-state index contributed by atoms with van der Waals surface area (Å²) in [5, 5.41) is 1.85. The minimum Gasteiger partial charge on any atom is -0.437 e. The number of carbonyl (C=O) groups is 2. The second-order valence-electron chi connectivity index (χ2n) is 7.91. The van der Waals surface area contributed by atoms with Crippen LogP contribution in [0.25, 0.3) is 28.1 Å². The molecule has 5 nitrogen and oxygen atoms in total. The van der Waals surface area contributed by atoms with Crippen LogP contribution in [0.3, 0.4) is 0 Å². The standard InChI is InChI=1S/C28H16N2O3/c1-30-24-16-20(33-28(24)29-25(30)12-11-17-7-3-2-4-8-17)15-23-26(31)21-13-18-9-5-6-10-19(18)14-22(21)27(23)32/h2-10,13-16H,1H3. The van der Waals surface area contributed by atoms with Crippen LogP contribution < -0.4 is 0 Å². The second kappa shape index (κ2) is 7.18. The molecule has 5 aromatic rings. The Balaban J connectivity index is 1.36. The van der Waals surface area contributed by atoms with E-state index in [0.29, 0.717) is 28.4 Å². The summed E-state index contributed by atoms with van der Waals surface area (Å²) < 4.78 is 7.67. The van der Waals surface area contributed by atoms with E-state index in [1.807, 2.05) is 66.2 Å². The lowest BCUT2D eigenvalue weighted by Gasteiger charge is -2.00. The van der Waals surface area contributed by atoms with Gasteiger partial charge in [-0.05, 0) is 47.0 Å². The molecule has 0 fully saturated rings. The molecule has 0 bridgehead atoms. The van der Waals surface area contributed by atoms with Crippen LogP contribution in [-0.4, -0.2) is 21.1 Å². The second-order valence-corrected chi connectivity index (χ2v) is 7.91. The quantitative estimate of drug-likeness (QED) is 0.210. The van der Waals surface area contributed by atoms with E-state index in [1.54, 1.807) is 18.2 Å². The molecule has 0 N–H and O–H groups in total. The van der Waals surface area contributed by atoms with Crippen molar-refractivity contribution in [3.8, 4) is 11.8 Å². The van der Waals surface area contributed by atoms with Gasteiger partial charge in [0.2, 0.25) is 5.71 Å². The lowest BCUT2D eigenvalue weighted by molar-refractivity contribution is 0.0990. The third-order valence-electron chi connectivity index (χ3n) is 5.84. The molecule has 0 saturated carbocycles. The molecule has 0 aliphatic heterocycles. The Morgan fingerprint density at radius 2 is 1.48 bits per heavy atom. The van der Waals surface area contributed by atoms with Crippen LogP contribution in [0.4, 0.5) is 0 Å². The van der Waals surface area contributed by atoms with E-state index in [9.17, 15) is 9.59 Å². The van der Waals surface area contributed by atoms with E-state index in [-0.39, 0.29) is 17.1 Å². The van der Waals surface area contributed by atoms with E-state index in [1.165, 1.54) is 6.08 Å². The molecular formula is C28H16N2O3. The highest BCUT2D eigenvalue weighted by Crippen LogP contribution is 2.32. The van der Waals surface area contributed by atoms with Crippen LogP contribution in [0.1, 0.15) is 37.9 Å². The highest BCUT2D eigenvalue weighted by atomic mass is 16.3. The fraction of sp³-hybridized carbons (Fsp3) is 0.0357. The Morgan fingerprint density at radius 1 is 0.848 bits per heavy atom. The van der Waals surface area contributed by atoms with E-state index in [4.69, 9.17) is 4.42 Å². The average Bonchev–Trinajstić information content (AvgIpc) is 3.44. The van der Waals surface area contributed by atoms with Gasteiger partial charge in [0.1, 0.15) is 11.3 Å². The predicted molar refractivity (Wildman–Crippen MR) is 126 cm³/mol. The van der Waals surface area contributed by atoms with Crippen LogP contribution in [0.15, 0.2) is 82.8 Å². The maximum Gasteiger partial charge on any atom is 0.246 e. The van der Waals surface area contributed by atoms with Gasteiger partial charge in [-0.25, -0.2) is 0 Å². The van der Waals surface area contributed by atoms with E-state index < -0.39 is 0 Å². The molecule has 6 rings (SSSR count). The zero-order valence-corrected chi connectivity index (χ0v) is 17.6. The summed E-state index contributed by atoms with van der Waals surface area (Å²) in [4.78, 5) is 30.4. The first-order chi connectivity index (χ1) is 16.1. The summed E-state index contributed by atoms with van der Waals surface area (Å²) in [7, 11) is 1.85. The number of carbonyl (C=O) groups excluding carboxylic acids is 2. The summed E-state index contributed by atoms with van der Waals surface area (Å²) >= 11 is 0. The molecule has 33 heavy (non-hydrogen) atoms. The van der Waals surface area contributed by atoms with Crippen molar-refractivity contribution >= 4 is 39.6 Å². The number of allylic oxidation sites excluding steroid dienone is 1. The molecule has 2 aromatic heterocycles. The topological polar surface area (TPSA) is 65.1 Å². The lowest BCUT2D eigenvalue weighted by atomic mass is 10.0. The van der Waals surface area contributed by atoms with Gasteiger partial charge in [0.15, 0.2) is 17.4 Å². The largest absolute Gasteiger partial charge is 0.437 e. The molecule has 3 aromatic carbocycles. The molecule has 1 aliphatic rings. The van der Waals surface area contributed by atoms with Crippen molar-refractivity contribution in [3.63, 3.8) is 0 Å².